The van der Waals surface area contributed by atoms with Gasteiger partial charge in [0.15, 0.2) is 0 Å². The number of piperidine rings is 1. The lowest BCUT2D eigenvalue weighted by Crippen LogP contribution is -2.55. The third-order valence-corrected chi connectivity index (χ3v) is 4.41. The molecule has 16 heavy (non-hydrogen) atoms. The Balaban J connectivity index is 1.88. The minimum absolute atomic E-state index is 0.656. The van der Waals surface area contributed by atoms with Crippen molar-refractivity contribution in [3.05, 3.63) is 0 Å². The van der Waals surface area contributed by atoms with E-state index in [1.807, 2.05) is 0 Å². The lowest BCUT2D eigenvalue weighted by molar-refractivity contribution is 0.0311. The number of nitrogens with zero attached hydrogens (tertiary/aromatic N) is 2. The maximum absolute atomic E-state index is 3.77. The largest absolute Gasteiger partial charge is 0.302 e. The molecular weight excluding hydrogens is 198 g/mol. The van der Waals surface area contributed by atoms with Crippen LogP contribution in [0.1, 0.15) is 46.5 Å². The molecule has 3 nitrogen and oxygen atoms in total. The molecule has 0 saturated carbocycles. The number of nitrogens with one attached hydrogen (secondary N) is 1. The van der Waals surface area contributed by atoms with E-state index in [2.05, 4.69) is 43.2 Å². The highest BCUT2D eigenvalue weighted by Crippen LogP contribution is 2.22. The second kappa shape index (κ2) is 5.03. The Bertz CT molecular complexity index is 211. The molecule has 0 aliphatic carbocycles. The Morgan fingerprint density at radius 1 is 1.00 bits per heavy atom. The van der Waals surface area contributed by atoms with Gasteiger partial charge in [0, 0.05) is 30.7 Å². The number of likely N-dealkylation sites (N-methyl/N-ethyl adjacent to an activating group) is 1. The smallest absolute Gasteiger partial charge is 0.0357 e. The number of likely N-dealkylation sites (tertiary alicyclic amines) is 1. The van der Waals surface area contributed by atoms with Gasteiger partial charge in [-0.25, -0.2) is 5.01 Å². The third kappa shape index (κ3) is 2.58. The van der Waals surface area contributed by atoms with Crippen LogP contribution in [-0.2, 0) is 0 Å². The molecule has 0 spiro atoms. The average Bonchev–Trinajstić information content (AvgIpc) is 2.53. The fourth-order valence-corrected chi connectivity index (χ4v) is 3.17. The van der Waals surface area contributed by atoms with E-state index in [0.717, 1.165) is 6.04 Å². The summed E-state index contributed by atoms with van der Waals surface area (Å²) in [7, 11) is 2.23. The lowest BCUT2D eigenvalue weighted by Gasteiger charge is -2.40. The summed E-state index contributed by atoms with van der Waals surface area (Å²) in [5.74, 6) is 0. The highest BCUT2D eigenvalue weighted by molar-refractivity contribution is 4.87. The summed E-state index contributed by atoms with van der Waals surface area (Å²) in [6, 6.07) is 2.78. The van der Waals surface area contributed by atoms with E-state index in [-0.39, 0.29) is 0 Å². The molecule has 3 heteroatoms. The molecule has 0 aromatic rings. The van der Waals surface area contributed by atoms with Gasteiger partial charge in [-0.2, -0.15) is 0 Å². The summed E-state index contributed by atoms with van der Waals surface area (Å²) in [5, 5.41) is 2.51. The van der Waals surface area contributed by atoms with Gasteiger partial charge in [0.1, 0.15) is 0 Å². The molecule has 0 bridgehead atoms. The maximum Gasteiger partial charge on any atom is 0.0357 e. The fourth-order valence-electron chi connectivity index (χ4n) is 3.17. The number of hydrogen-bond acceptors (Lipinski definition) is 3. The highest BCUT2D eigenvalue weighted by atomic mass is 15.6. The molecule has 4 unspecified atom stereocenters. The highest BCUT2D eigenvalue weighted by Gasteiger charge is 2.31. The number of rotatable bonds is 2. The van der Waals surface area contributed by atoms with Gasteiger partial charge in [0.25, 0.3) is 0 Å². The molecule has 2 rings (SSSR count). The van der Waals surface area contributed by atoms with Crippen molar-refractivity contribution in [3.8, 4) is 0 Å². The predicted molar refractivity (Wildman–Crippen MR) is 68.2 cm³/mol. The Hall–Kier alpha value is -0.120. The molecule has 2 fully saturated rings. The van der Waals surface area contributed by atoms with E-state index < -0.39 is 0 Å². The van der Waals surface area contributed by atoms with E-state index in [9.17, 15) is 0 Å². The van der Waals surface area contributed by atoms with Gasteiger partial charge in [-0.1, -0.05) is 6.42 Å². The first-order valence-corrected chi connectivity index (χ1v) is 6.82. The topological polar surface area (TPSA) is 18.5 Å². The molecule has 0 aromatic carbocycles. The molecule has 2 aliphatic rings. The lowest BCUT2D eigenvalue weighted by atomic mass is 9.99. The van der Waals surface area contributed by atoms with Crippen LogP contribution in [0.4, 0.5) is 0 Å². The Morgan fingerprint density at radius 3 is 2.12 bits per heavy atom. The number of hydrazine groups is 1. The zero-order valence-corrected chi connectivity index (χ0v) is 11.2. The Labute approximate surface area is 100 Å². The van der Waals surface area contributed by atoms with Crippen molar-refractivity contribution in [3.63, 3.8) is 0 Å². The Kier molecular flexibility index (Phi) is 3.88. The van der Waals surface area contributed by atoms with E-state index in [1.165, 1.54) is 32.2 Å². The summed E-state index contributed by atoms with van der Waals surface area (Å²) < 4.78 is 0. The van der Waals surface area contributed by atoms with Crippen LogP contribution in [0.5, 0.6) is 0 Å². The summed E-state index contributed by atoms with van der Waals surface area (Å²) >= 11 is 0. The summed E-state index contributed by atoms with van der Waals surface area (Å²) in [6.45, 7) is 8.22. The first-order valence-electron chi connectivity index (χ1n) is 6.82. The SMILES string of the molecule is CC1CC(NN2C(C)CCCC2C)CN1C. The molecule has 2 saturated heterocycles. The van der Waals surface area contributed by atoms with Crippen molar-refractivity contribution in [1.29, 1.82) is 0 Å². The van der Waals surface area contributed by atoms with Gasteiger partial charge in [0.2, 0.25) is 0 Å². The van der Waals surface area contributed by atoms with Crippen molar-refractivity contribution in [2.24, 2.45) is 0 Å². The maximum atomic E-state index is 3.77. The van der Waals surface area contributed by atoms with E-state index in [4.69, 9.17) is 0 Å². The van der Waals surface area contributed by atoms with Gasteiger partial charge in [0.05, 0.1) is 0 Å². The van der Waals surface area contributed by atoms with E-state index in [0.29, 0.717) is 18.1 Å². The van der Waals surface area contributed by atoms with Gasteiger partial charge < -0.3 is 4.90 Å². The molecule has 2 heterocycles. The first-order chi connectivity index (χ1) is 7.58. The minimum Gasteiger partial charge on any atom is -0.302 e. The molecule has 2 aliphatic heterocycles. The van der Waals surface area contributed by atoms with Crippen molar-refractivity contribution in [2.75, 3.05) is 13.6 Å². The van der Waals surface area contributed by atoms with Crippen LogP contribution in [0.2, 0.25) is 0 Å². The number of hydrogen-bond donors (Lipinski definition) is 1. The predicted octanol–water partition coefficient (Wildman–Crippen LogP) is 1.85. The van der Waals surface area contributed by atoms with E-state index >= 15 is 0 Å². The second-order valence-electron chi connectivity index (χ2n) is 5.89. The average molecular weight is 225 g/mol. The standard InChI is InChI=1S/C13H27N3/c1-10-6-5-7-11(2)16(10)14-13-8-12(3)15(4)9-13/h10-14H,5-9H2,1-4H3. The third-order valence-electron chi connectivity index (χ3n) is 4.41. The zero-order valence-electron chi connectivity index (χ0n) is 11.2. The van der Waals surface area contributed by atoms with Gasteiger partial charge in [-0.15, -0.1) is 0 Å². The van der Waals surface area contributed by atoms with Crippen LogP contribution >= 0.6 is 0 Å². The van der Waals surface area contributed by atoms with Crippen molar-refractivity contribution < 1.29 is 0 Å². The molecule has 0 radical (unpaired) electrons. The molecule has 0 amide bonds. The fraction of sp³-hybridized carbons (Fsp3) is 1.00. The summed E-state index contributed by atoms with van der Waals surface area (Å²) in [5.41, 5.74) is 3.77. The van der Waals surface area contributed by atoms with Crippen molar-refractivity contribution in [2.45, 2.75) is 70.6 Å². The van der Waals surface area contributed by atoms with Crippen LogP contribution in [0.3, 0.4) is 0 Å². The minimum atomic E-state index is 0.656. The van der Waals surface area contributed by atoms with Gasteiger partial charge in [-0.05, 0) is 47.1 Å². The molecular formula is C13H27N3. The first kappa shape index (κ1) is 12.3. The van der Waals surface area contributed by atoms with Gasteiger partial charge >= 0.3 is 0 Å². The summed E-state index contributed by atoms with van der Waals surface area (Å²) in [4.78, 5) is 2.46. The normalized spacial score (nSPS) is 42.8. The Morgan fingerprint density at radius 2 is 1.62 bits per heavy atom. The van der Waals surface area contributed by atoms with Crippen LogP contribution < -0.4 is 5.43 Å². The van der Waals surface area contributed by atoms with Gasteiger partial charge in [-0.3, -0.25) is 5.43 Å². The van der Waals surface area contributed by atoms with Crippen molar-refractivity contribution in [1.82, 2.24) is 15.3 Å². The zero-order chi connectivity index (χ0) is 11.7. The van der Waals surface area contributed by atoms with E-state index in [1.54, 1.807) is 0 Å². The van der Waals surface area contributed by atoms with Crippen LogP contribution in [0.15, 0.2) is 0 Å². The quantitative estimate of drug-likeness (QED) is 0.774. The molecule has 4 atom stereocenters. The molecule has 0 aromatic heterocycles. The van der Waals surface area contributed by atoms with Crippen molar-refractivity contribution >= 4 is 0 Å². The molecule has 1 N–H and O–H groups in total. The summed E-state index contributed by atoms with van der Waals surface area (Å²) in [6.07, 6.45) is 5.36. The molecule has 94 valence electrons. The van der Waals surface area contributed by atoms with Crippen LogP contribution in [0.25, 0.3) is 0 Å². The van der Waals surface area contributed by atoms with Crippen LogP contribution in [0, 0.1) is 0 Å². The second-order valence-corrected chi connectivity index (χ2v) is 5.89. The van der Waals surface area contributed by atoms with Crippen LogP contribution in [-0.4, -0.2) is 47.7 Å². The monoisotopic (exact) mass is 225 g/mol.